The summed E-state index contributed by atoms with van der Waals surface area (Å²) in [5, 5.41) is 11.1. The first kappa shape index (κ1) is 18.9. The van der Waals surface area contributed by atoms with E-state index in [-0.39, 0.29) is 17.7 Å². The number of likely N-dealkylation sites (tertiary alicyclic amines) is 1. The van der Waals surface area contributed by atoms with E-state index in [1.165, 1.54) is 6.92 Å². The van der Waals surface area contributed by atoms with Crippen LogP contribution in [0.4, 0.5) is 5.69 Å². The van der Waals surface area contributed by atoms with Crippen LogP contribution in [0.15, 0.2) is 59.0 Å². The number of aromatic nitrogens is 2. The van der Waals surface area contributed by atoms with Gasteiger partial charge in [-0.05, 0) is 43.2 Å². The second-order valence-corrected chi connectivity index (χ2v) is 7.16. The molecule has 0 spiro atoms. The van der Waals surface area contributed by atoms with Crippen molar-refractivity contribution in [3.63, 3.8) is 0 Å². The Kier molecular flexibility index (Phi) is 5.37. The smallest absolute Gasteiger partial charge is 0.253 e. The maximum atomic E-state index is 13.0. The molecule has 7 nitrogen and oxygen atoms in total. The van der Waals surface area contributed by atoms with Crippen molar-refractivity contribution in [3.8, 4) is 11.5 Å². The van der Waals surface area contributed by atoms with Gasteiger partial charge < -0.3 is 14.6 Å². The van der Waals surface area contributed by atoms with Crippen molar-refractivity contribution >= 4 is 17.5 Å². The molecular weight excluding hydrogens is 368 g/mol. The lowest BCUT2D eigenvalue weighted by Gasteiger charge is -2.31. The Morgan fingerprint density at radius 1 is 1.10 bits per heavy atom. The number of rotatable bonds is 4. The molecule has 0 bridgehead atoms. The maximum absolute atomic E-state index is 13.0. The standard InChI is InChI=1S/C22H22N4O3/c1-15(27)23-19-11-5-9-17(13-19)22(28)26-12-6-10-18(14-26)21-25-24-20(29-21)16-7-3-2-4-8-16/h2-5,7-9,11,13,18H,6,10,12,14H2,1H3,(H,23,27)/t18-/m1/s1. The zero-order valence-corrected chi connectivity index (χ0v) is 16.2. The molecule has 2 aromatic carbocycles. The van der Waals surface area contributed by atoms with Crippen molar-refractivity contribution in [1.82, 2.24) is 15.1 Å². The Labute approximate surface area is 168 Å². The van der Waals surface area contributed by atoms with Crippen LogP contribution in [0.1, 0.15) is 41.9 Å². The first-order chi connectivity index (χ1) is 14.1. The highest BCUT2D eigenvalue weighted by Gasteiger charge is 2.29. The fraction of sp³-hybridized carbons (Fsp3) is 0.273. The molecular formula is C22H22N4O3. The molecule has 1 aromatic heterocycles. The number of carbonyl (C=O) groups is 2. The minimum Gasteiger partial charge on any atom is -0.420 e. The van der Waals surface area contributed by atoms with Crippen molar-refractivity contribution in [2.45, 2.75) is 25.7 Å². The molecule has 2 heterocycles. The van der Waals surface area contributed by atoms with Gasteiger partial charge in [-0.1, -0.05) is 24.3 Å². The van der Waals surface area contributed by atoms with Gasteiger partial charge in [0.05, 0.1) is 5.92 Å². The number of nitrogens with one attached hydrogen (secondary N) is 1. The number of benzene rings is 2. The number of carbonyl (C=O) groups excluding carboxylic acids is 2. The fourth-order valence-corrected chi connectivity index (χ4v) is 3.58. The predicted octanol–water partition coefficient (Wildman–Crippen LogP) is 3.71. The summed E-state index contributed by atoms with van der Waals surface area (Å²) in [6.45, 7) is 2.65. The molecule has 2 amide bonds. The minimum absolute atomic E-state index is 0.0104. The molecule has 1 atom stereocenters. The van der Waals surface area contributed by atoms with Gasteiger partial charge in [-0.15, -0.1) is 10.2 Å². The Bertz CT molecular complexity index is 1020. The topological polar surface area (TPSA) is 88.3 Å². The van der Waals surface area contributed by atoms with Gasteiger partial charge in [0.25, 0.3) is 5.91 Å². The van der Waals surface area contributed by atoms with Crippen LogP contribution in [0.2, 0.25) is 0 Å². The van der Waals surface area contributed by atoms with E-state index in [1.54, 1.807) is 24.3 Å². The number of anilines is 1. The van der Waals surface area contributed by atoms with E-state index in [4.69, 9.17) is 4.42 Å². The Morgan fingerprint density at radius 2 is 1.93 bits per heavy atom. The van der Waals surface area contributed by atoms with Crippen LogP contribution in [-0.2, 0) is 4.79 Å². The lowest BCUT2D eigenvalue weighted by molar-refractivity contribution is -0.114. The van der Waals surface area contributed by atoms with E-state index in [0.29, 0.717) is 36.1 Å². The van der Waals surface area contributed by atoms with E-state index in [1.807, 2.05) is 35.2 Å². The lowest BCUT2D eigenvalue weighted by atomic mass is 9.97. The molecule has 1 saturated heterocycles. The van der Waals surface area contributed by atoms with Crippen LogP contribution in [0, 0.1) is 0 Å². The third kappa shape index (κ3) is 4.34. The highest BCUT2D eigenvalue weighted by atomic mass is 16.4. The molecule has 1 aliphatic heterocycles. The second-order valence-electron chi connectivity index (χ2n) is 7.16. The van der Waals surface area contributed by atoms with Crippen LogP contribution in [-0.4, -0.2) is 40.0 Å². The van der Waals surface area contributed by atoms with E-state index < -0.39 is 0 Å². The average Bonchev–Trinajstić information content (AvgIpc) is 3.24. The molecule has 7 heteroatoms. The summed E-state index contributed by atoms with van der Waals surface area (Å²) in [4.78, 5) is 26.1. The molecule has 1 aliphatic rings. The minimum atomic E-state index is -0.168. The maximum Gasteiger partial charge on any atom is 0.253 e. The highest BCUT2D eigenvalue weighted by molar-refractivity contribution is 5.96. The molecule has 29 heavy (non-hydrogen) atoms. The zero-order valence-electron chi connectivity index (χ0n) is 16.2. The number of hydrogen-bond donors (Lipinski definition) is 1. The predicted molar refractivity (Wildman–Crippen MR) is 108 cm³/mol. The zero-order chi connectivity index (χ0) is 20.2. The van der Waals surface area contributed by atoms with E-state index in [9.17, 15) is 9.59 Å². The largest absolute Gasteiger partial charge is 0.420 e. The lowest BCUT2D eigenvalue weighted by Crippen LogP contribution is -2.39. The van der Waals surface area contributed by atoms with E-state index >= 15 is 0 Å². The average molecular weight is 390 g/mol. The third-order valence-corrected chi connectivity index (χ3v) is 4.95. The van der Waals surface area contributed by atoms with Gasteiger partial charge in [0.1, 0.15) is 0 Å². The number of hydrogen-bond acceptors (Lipinski definition) is 5. The summed E-state index contributed by atoms with van der Waals surface area (Å²) >= 11 is 0. The summed E-state index contributed by atoms with van der Waals surface area (Å²) in [7, 11) is 0. The Balaban J connectivity index is 1.48. The molecule has 1 N–H and O–H groups in total. The van der Waals surface area contributed by atoms with Gasteiger partial charge >= 0.3 is 0 Å². The van der Waals surface area contributed by atoms with Crippen LogP contribution in [0.3, 0.4) is 0 Å². The summed E-state index contributed by atoms with van der Waals surface area (Å²) in [5.41, 5.74) is 2.04. The fourth-order valence-electron chi connectivity index (χ4n) is 3.58. The Hall–Kier alpha value is -3.48. The van der Waals surface area contributed by atoms with Crippen molar-refractivity contribution < 1.29 is 14.0 Å². The van der Waals surface area contributed by atoms with Crippen LogP contribution >= 0.6 is 0 Å². The molecule has 0 radical (unpaired) electrons. The van der Waals surface area contributed by atoms with Gasteiger partial charge in [-0.3, -0.25) is 9.59 Å². The first-order valence-corrected chi connectivity index (χ1v) is 9.66. The molecule has 3 aromatic rings. The summed E-state index contributed by atoms with van der Waals surface area (Å²) in [6.07, 6.45) is 1.76. The SMILES string of the molecule is CC(=O)Nc1cccc(C(=O)N2CCC[C@@H](c3nnc(-c4ccccc4)o3)C2)c1. The van der Waals surface area contributed by atoms with Gasteiger partial charge in [0, 0.05) is 36.8 Å². The van der Waals surface area contributed by atoms with Crippen molar-refractivity contribution in [2.75, 3.05) is 18.4 Å². The molecule has 0 unspecified atom stereocenters. The number of piperidine rings is 1. The van der Waals surface area contributed by atoms with Gasteiger partial charge in [-0.25, -0.2) is 0 Å². The Morgan fingerprint density at radius 3 is 2.72 bits per heavy atom. The molecule has 0 aliphatic carbocycles. The normalized spacial score (nSPS) is 16.4. The molecule has 0 saturated carbocycles. The van der Waals surface area contributed by atoms with Crippen molar-refractivity contribution in [1.29, 1.82) is 0 Å². The van der Waals surface area contributed by atoms with E-state index in [0.717, 1.165) is 18.4 Å². The third-order valence-electron chi connectivity index (χ3n) is 4.95. The highest BCUT2D eigenvalue weighted by Crippen LogP contribution is 2.29. The van der Waals surface area contributed by atoms with Gasteiger partial charge in [-0.2, -0.15) is 0 Å². The molecule has 1 fully saturated rings. The molecule has 4 rings (SSSR count). The van der Waals surface area contributed by atoms with Crippen molar-refractivity contribution in [3.05, 3.63) is 66.1 Å². The quantitative estimate of drug-likeness (QED) is 0.734. The number of nitrogens with zero attached hydrogens (tertiary/aromatic N) is 3. The monoisotopic (exact) mass is 390 g/mol. The summed E-state index contributed by atoms with van der Waals surface area (Å²) in [5.74, 6) is 0.833. The van der Waals surface area contributed by atoms with Crippen LogP contribution in [0.5, 0.6) is 0 Å². The second kappa shape index (κ2) is 8.26. The van der Waals surface area contributed by atoms with Crippen LogP contribution < -0.4 is 5.32 Å². The van der Waals surface area contributed by atoms with E-state index in [2.05, 4.69) is 15.5 Å². The number of amides is 2. The van der Waals surface area contributed by atoms with Gasteiger partial charge in [0.15, 0.2) is 0 Å². The molecule has 148 valence electrons. The van der Waals surface area contributed by atoms with Crippen LogP contribution in [0.25, 0.3) is 11.5 Å². The van der Waals surface area contributed by atoms with Crippen molar-refractivity contribution in [2.24, 2.45) is 0 Å². The summed E-state index contributed by atoms with van der Waals surface area (Å²) < 4.78 is 5.90. The first-order valence-electron chi connectivity index (χ1n) is 9.66. The van der Waals surface area contributed by atoms with Gasteiger partial charge in [0.2, 0.25) is 17.7 Å². The summed E-state index contributed by atoms with van der Waals surface area (Å²) in [6, 6.07) is 16.6.